The molecule has 1 atom stereocenters. The molecule has 1 saturated heterocycles. The van der Waals surface area contributed by atoms with Crippen LogP contribution in [0.2, 0.25) is 0 Å². The summed E-state index contributed by atoms with van der Waals surface area (Å²) in [4.78, 5) is 13.5. The van der Waals surface area contributed by atoms with Gasteiger partial charge in [-0.3, -0.25) is 9.69 Å². The van der Waals surface area contributed by atoms with Gasteiger partial charge >= 0.3 is 5.97 Å². The van der Waals surface area contributed by atoms with E-state index in [2.05, 4.69) is 23.1 Å². The number of fused-ring (bicyclic) bond motifs is 1. The summed E-state index contributed by atoms with van der Waals surface area (Å²) in [6, 6.07) is 11.9. The lowest BCUT2D eigenvalue weighted by Gasteiger charge is -2.33. The lowest BCUT2D eigenvalue weighted by molar-refractivity contribution is -0.144. The highest BCUT2D eigenvalue weighted by Gasteiger charge is 2.28. The lowest BCUT2D eigenvalue weighted by Crippen LogP contribution is -2.44. The zero-order valence-electron chi connectivity index (χ0n) is 12.8. The molecule has 4 heteroatoms. The molecule has 1 fully saturated rings. The van der Waals surface area contributed by atoms with Crippen LogP contribution in [0.5, 0.6) is 5.75 Å². The molecular weight excluding hydrogens is 278 g/mol. The van der Waals surface area contributed by atoms with Gasteiger partial charge in [-0.15, -0.1) is 0 Å². The highest BCUT2D eigenvalue weighted by atomic mass is 16.5. The number of nitrogens with zero attached hydrogens (tertiary/aromatic N) is 1. The van der Waals surface area contributed by atoms with Gasteiger partial charge in [0.25, 0.3) is 0 Å². The summed E-state index contributed by atoms with van der Waals surface area (Å²) in [5.41, 5.74) is 1.05. The highest BCUT2D eigenvalue weighted by molar-refractivity contribution is 5.85. The van der Waals surface area contributed by atoms with E-state index in [1.54, 1.807) is 7.11 Å². The standard InChI is InChI=1S/C18H21NO3/c1-22-17-11-14-7-3-2-6-13(14)10-15(17)12-19-9-5-4-8-16(19)18(20)21/h2-3,6-7,10-11,16H,4-5,8-9,12H2,1H3,(H,20,21). The number of carbonyl (C=O) groups is 1. The summed E-state index contributed by atoms with van der Waals surface area (Å²) in [5, 5.41) is 11.7. The second-order valence-corrected chi connectivity index (χ2v) is 5.83. The van der Waals surface area contributed by atoms with Gasteiger partial charge in [0, 0.05) is 12.1 Å². The van der Waals surface area contributed by atoms with Crippen molar-refractivity contribution in [3.8, 4) is 5.75 Å². The molecule has 1 unspecified atom stereocenters. The second-order valence-electron chi connectivity index (χ2n) is 5.83. The molecule has 22 heavy (non-hydrogen) atoms. The van der Waals surface area contributed by atoms with E-state index in [1.807, 2.05) is 18.2 Å². The number of hydrogen-bond donors (Lipinski definition) is 1. The molecular formula is C18H21NO3. The Balaban J connectivity index is 1.93. The number of hydrogen-bond acceptors (Lipinski definition) is 3. The van der Waals surface area contributed by atoms with Crippen molar-refractivity contribution in [2.45, 2.75) is 31.8 Å². The second kappa shape index (κ2) is 6.36. The summed E-state index contributed by atoms with van der Waals surface area (Å²) in [6.45, 7) is 1.44. The van der Waals surface area contributed by atoms with E-state index in [-0.39, 0.29) is 6.04 Å². The maximum atomic E-state index is 11.4. The summed E-state index contributed by atoms with van der Waals surface area (Å²) in [5.74, 6) is 0.105. The Kier molecular flexibility index (Phi) is 4.29. The monoisotopic (exact) mass is 299 g/mol. The minimum absolute atomic E-state index is 0.384. The Morgan fingerprint density at radius 2 is 2.00 bits per heavy atom. The fourth-order valence-corrected chi connectivity index (χ4v) is 3.26. The molecule has 0 saturated carbocycles. The van der Waals surface area contributed by atoms with Crippen LogP contribution < -0.4 is 4.74 Å². The number of rotatable bonds is 4. The maximum Gasteiger partial charge on any atom is 0.320 e. The van der Waals surface area contributed by atoms with E-state index >= 15 is 0 Å². The number of carboxylic acid groups (broad SMARTS) is 1. The Hall–Kier alpha value is -2.07. The number of ether oxygens (including phenoxy) is 1. The third-order valence-corrected chi connectivity index (χ3v) is 4.42. The molecule has 1 aliphatic rings. The molecule has 0 spiro atoms. The first kappa shape index (κ1) is 14.9. The van der Waals surface area contributed by atoms with Crippen molar-refractivity contribution in [2.24, 2.45) is 0 Å². The van der Waals surface area contributed by atoms with Crippen molar-refractivity contribution in [3.63, 3.8) is 0 Å². The molecule has 0 bridgehead atoms. The number of benzene rings is 2. The Labute approximate surface area is 130 Å². The summed E-state index contributed by atoms with van der Waals surface area (Å²) >= 11 is 0. The van der Waals surface area contributed by atoms with Gasteiger partial charge in [0.05, 0.1) is 7.11 Å². The van der Waals surface area contributed by atoms with Crippen LogP contribution >= 0.6 is 0 Å². The molecule has 1 heterocycles. The van der Waals surface area contributed by atoms with Crippen molar-refractivity contribution in [1.29, 1.82) is 0 Å². The number of aliphatic carboxylic acids is 1. The number of likely N-dealkylation sites (tertiary alicyclic amines) is 1. The quantitative estimate of drug-likeness (QED) is 0.941. The van der Waals surface area contributed by atoms with Gasteiger partial charge in [-0.1, -0.05) is 30.7 Å². The lowest BCUT2D eigenvalue weighted by atomic mass is 10.00. The zero-order chi connectivity index (χ0) is 15.5. The third-order valence-electron chi connectivity index (χ3n) is 4.42. The van der Waals surface area contributed by atoms with Crippen molar-refractivity contribution in [3.05, 3.63) is 42.0 Å². The van der Waals surface area contributed by atoms with Gasteiger partial charge in [0.1, 0.15) is 11.8 Å². The van der Waals surface area contributed by atoms with Gasteiger partial charge in [0.15, 0.2) is 0 Å². The number of methoxy groups -OCH3 is 1. The smallest absolute Gasteiger partial charge is 0.320 e. The zero-order valence-corrected chi connectivity index (χ0v) is 12.8. The Bertz CT molecular complexity index is 683. The van der Waals surface area contributed by atoms with Crippen LogP contribution in [-0.2, 0) is 11.3 Å². The van der Waals surface area contributed by atoms with Crippen LogP contribution in [0, 0.1) is 0 Å². The molecule has 0 aliphatic carbocycles. The molecule has 0 amide bonds. The fraction of sp³-hybridized carbons (Fsp3) is 0.389. The molecule has 116 valence electrons. The molecule has 0 radical (unpaired) electrons. The van der Waals surface area contributed by atoms with E-state index in [4.69, 9.17) is 4.74 Å². The highest BCUT2D eigenvalue weighted by Crippen LogP contribution is 2.29. The molecule has 3 rings (SSSR count). The van der Waals surface area contributed by atoms with Gasteiger partial charge in [-0.05, 0) is 42.3 Å². The number of piperidine rings is 1. The van der Waals surface area contributed by atoms with E-state index in [0.29, 0.717) is 6.54 Å². The molecule has 1 aliphatic heterocycles. The topological polar surface area (TPSA) is 49.8 Å². The average Bonchev–Trinajstić information content (AvgIpc) is 2.54. The van der Waals surface area contributed by atoms with Crippen molar-refractivity contribution < 1.29 is 14.6 Å². The van der Waals surface area contributed by atoms with Crippen molar-refractivity contribution in [2.75, 3.05) is 13.7 Å². The minimum Gasteiger partial charge on any atom is -0.496 e. The largest absolute Gasteiger partial charge is 0.496 e. The van der Waals surface area contributed by atoms with E-state index in [9.17, 15) is 9.90 Å². The molecule has 1 N–H and O–H groups in total. The van der Waals surface area contributed by atoms with Gasteiger partial charge in [-0.25, -0.2) is 0 Å². The van der Waals surface area contributed by atoms with Gasteiger partial charge in [0.2, 0.25) is 0 Å². The molecule has 0 aromatic heterocycles. The SMILES string of the molecule is COc1cc2ccccc2cc1CN1CCCCC1C(=O)O. The molecule has 4 nitrogen and oxygen atoms in total. The first-order valence-electron chi connectivity index (χ1n) is 7.71. The summed E-state index contributed by atoms with van der Waals surface area (Å²) < 4.78 is 5.52. The summed E-state index contributed by atoms with van der Waals surface area (Å²) in [6.07, 6.45) is 2.77. The summed E-state index contributed by atoms with van der Waals surface area (Å²) in [7, 11) is 1.67. The Morgan fingerprint density at radius 3 is 2.68 bits per heavy atom. The van der Waals surface area contributed by atoms with Gasteiger partial charge in [-0.2, -0.15) is 0 Å². The van der Waals surface area contributed by atoms with Crippen LogP contribution in [0.25, 0.3) is 10.8 Å². The van der Waals surface area contributed by atoms with Crippen LogP contribution in [0.1, 0.15) is 24.8 Å². The van der Waals surface area contributed by atoms with E-state index in [1.165, 1.54) is 0 Å². The van der Waals surface area contributed by atoms with Gasteiger partial charge < -0.3 is 9.84 Å². The van der Waals surface area contributed by atoms with E-state index in [0.717, 1.165) is 47.9 Å². The normalized spacial score (nSPS) is 19.2. The first-order chi connectivity index (χ1) is 10.7. The Morgan fingerprint density at radius 1 is 1.27 bits per heavy atom. The maximum absolute atomic E-state index is 11.4. The van der Waals surface area contributed by atoms with Crippen molar-refractivity contribution >= 4 is 16.7 Å². The predicted octanol–water partition coefficient (Wildman–Crippen LogP) is 3.29. The minimum atomic E-state index is -0.723. The molecule has 2 aromatic carbocycles. The van der Waals surface area contributed by atoms with Crippen LogP contribution in [0.15, 0.2) is 36.4 Å². The van der Waals surface area contributed by atoms with Crippen molar-refractivity contribution in [1.82, 2.24) is 4.90 Å². The molecule has 2 aromatic rings. The average molecular weight is 299 g/mol. The van der Waals surface area contributed by atoms with Crippen LogP contribution in [-0.4, -0.2) is 35.7 Å². The predicted molar refractivity (Wildman–Crippen MR) is 86.2 cm³/mol. The van der Waals surface area contributed by atoms with E-state index < -0.39 is 5.97 Å². The van der Waals surface area contributed by atoms with Crippen LogP contribution in [0.4, 0.5) is 0 Å². The van der Waals surface area contributed by atoms with Crippen LogP contribution in [0.3, 0.4) is 0 Å². The number of carboxylic acids is 1. The first-order valence-corrected chi connectivity index (χ1v) is 7.71. The third kappa shape index (κ3) is 2.92. The fourth-order valence-electron chi connectivity index (χ4n) is 3.26.